The summed E-state index contributed by atoms with van der Waals surface area (Å²) in [6.07, 6.45) is 5.97. The average molecular weight is 457 g/mol. The molecule has 160 valence electrons. The van der Waals surface area contributed by atoms with E-state index in [1.54, 1.807) is 49.6 Å². The molecule has 4 rings (SSSR count). The van der Waals surface area contributed by atoms with Crippen molar-refractivity contribution in [3.8, 4) is 11.5 Å². The molecule has 31 heavy (non-hydrogen) atoms. The highest BCUT2D eigenvalue weighted by atomic mass is 35.5. The Bertz CT molecular complexity index is 1060. The largest absolute Gasteiger partial charge is 0.493 e. The van der Waals surface area contributed by atoms with Gasteiger partial charge in [0.05, 0.1) is 18.9 Å². The van der Waals surface area contributed by atoms with E-state index in [1.807, 2.05) is 0 Å². The number of hydrogen-bond donors (Lipinski definition) is 1. The van der Waals surface area contributed by atoms with Gasteiger partial charge in [-0.25, -0.2) is 0 Å². The first-order valence-corrected chi connectivity index (χ1v) is 10.8. The van der Waals surface area contributed by atoms with Gasteiger partial charge in [0.2, 0.25) is 0 Å². The minimum absolute atomic E-state index is 0.0226. The van der Waals surface area contributed by atoms with Gasteiger partial charge in [-0.1, -0.05) is 17.7 Å². The highest BCUT2D eigenvalue weighted by Crippen LogP contribution is 2.33. The summed E-state index contributed by atoms with van der Waals surface area (Å²) < 4.78 is 11.5. The molecule has 2 aliphatic rings. The molecule has 0 unspecified atom stereocenters. The van der Waals surface area contributed by atoms with E-state index >= 15 is 0 Å². The van der Waals surface area contributed by atoms with Gasteiger partial charge >= 0.3 is 0 Å². The fourth-order valence-corrected chi connectivity index (χ4v) is 4.12. The fourth-order valence-electron chi connectivity index (χ4n) is 3.71. The Hall–Kier alpha value is -2.90. The molecule has 0 radical (unpaired) electrons. The molecule has 1 N–H and O–H groups in total. The maximum atomic E-state index is 13.1. The molecule has 1 saturated carbocycles. The van der Waals surface area contributed by atoms with E-state index in [2.05, 4.69) is 5.32 Å². The summed E-state index contributed by atoms with van der Waals surface area (Å²) in [7, 11) is 1.58. The van der Waals surface area contributed by atoms with Crippen LogP contribution in [0.15, 0.2) is 48.0 Å². The van der Waals surface area contributed by atoms with E-state index in [-0.39, 0.29) is 16.8 Å². The van der Waals surface area contributed by atoms with Gasteiger partial charge in [-0.3, -0.25) is 19.8 Å². The Morgan fingerprint density at radius 1 is 1.10 bits per heavy atom. The average Bonchev–Trinajstić information content (AvgIpc) is 3.26. The molecule has 0 atom stereocenters. The first-order chi connectivity index (χ1) is 15.0. The van der Waals surface area contributed by atoms with Gasteiger partial charge in [-0.05, 0) is 85.9 Å². The monoisotopic (exact) mass is 456 g/mol. The van der Waals surface area contributed by atoms with E-state index in [0.29, 0.717) is 27.8 Å². The summed E-state index contributed by atoms with van der Waals surface area (Å²) in [5, 5.41) is 3.14. The zero-order valence-corrected chi connectivity index (χ0v) is 18.5. The van der Waals surface area contributed by atoms with E-state index in [9.17, 15) is 9.59 Å². The zero-order chi connectivity index (χ0) is 22.0. The van der Waals surface area contributed by atoms with E-state index in [0.717, 1.165) is 25.7 Å². The molecule has 1 aliphatic carbocycles. The smallest absolute Gasteiger partial charge is 0.270 e. The zero-order valence-electron chi connectivity index (χ0n) is 16.9. The van der Waals surface area contributed by atoms with Crippen LogP contribution in [0.3, 0.4) is 0 Å². The second-order valence-electron chi connectivity index (χ2n) is 7.37. The molecule has 0 bridgehead atoms. The first kappa shape index (κ1) is 21.3. The van der Waals surface area contributed by atoms with E-state index in [4.69, 9.17) is 33.3 Å². The number of rotatable bonds is 5. The number of anilines is 1. The van der Waals surface area contributed by atoms with Crippen LogP contribution in [0.5, 0.6) is 11.5 Å². The fraction of sp³-hybridized carbons (Fsp3) is 0.261. The maximum absolute atomic E-state index is 13.1. The predicted octanol–water partition coefficient (Wildman–Crippen LogP) is 4.50. The lowest BCUT2D eigenvalue weighted by Gasteiger charge is -2.29. The Balaban J connectivity index is 1.66. The van der Waals surface area contributed by atoms with Crippen molar-refractivity contribution in [3.63, 3.8) is 0 Å². The van der Waals surface area contributed by atoms with Crippen LogP contribution in [-0.2, 0) is 9.59 Å². The summed E-state index contributed by atoms with van der Waals surface area (Å²) in [6.45, 7) is 0. The number of carbonyl (C=O) groups excluding carboxylic acids is 2. The number of methoxy groups -OCH3 is 1. The first-order valence-electron chi connectivity index (χ1n) is 9.98. The third-order valence-corrected chi connectivity index (χ3v) is 5.82. The predicted molar refractivity (Wildman–Crippen MR) is 124 cm³/mol. The van der Waals surface area contributed by atoms with Crippen molar-refractivity contribution in [1.29, 1.82) is 0 Å². The number of benzene rings is 2. The highest BCUT2D eigenvalue weighted by Gasteiger charge is 2.34. The lowest BCUT2D eigenvalue weighted by molar-refractivity contribution is -0.122. The Labute approximate surface area is 190 Å². The van der Waals surface area contributed by atoms with Gasteiger partial charge in [-0.15, -0.1) is 0 Å². The lowest BCUT2D eigenvalue weighted by atomic mass is 10.1. The standard InChI is InChI=1S/C23H21ClN2O4S/c1-29-19-11-6-14(13-20(19)30-17-4-2-3-5-17)12-18-21(27)25-23(31)26(22(18)28)16-9-7-15(24)8-10-16/h6-13,17H,2-5H2,1H3,(H,25,27,31). The molecule has 2 aromatic rings. The third kappa shape index (κ3) is 4.57. The van der Waals surface area contributed by atoms with Crippen molar-refractivity contribution in [1.82, 2.24) is 5.32 Å². The summed E-state index contributed by atoms with van der Waals surface area (Å²) in [6, 6.07) is 12.0. The van der Waals surface area contributed by atoms with Gasteiger partial charge in [-0.2, -0.15) is 0 Å². The molecule has 6 nitrogen and oxygen atoms in total. The molecule has 1 saturated heterocycles. The maximum Gasteiger partial charge on any atom is 0.270 e. The van der Waals surface area contributed by atoms with Crippen molar-refractivity contribution in [2.45, 2.75) is 31.8 Å². The molecule has 0 spiro atoms. The second-order valence-corrected chi connectivity index (χ2v) is 8.19. The molecule has 1 heterocycles. The van der Waals surface area contributed by atoms with Crippen molar-refractivity contribution >= 4 is 52.5 Å². The second kappa shape index (κ2) is 9.08. The van der Waals surface area contributed by atoms with Gasteiger partial charge in [0.1, 0.15) is 5.57 Å². The normalized spacial score (nSPS) is 18.5. The van der Waals surface area contributed by atoms with Crippen LogP contribution in [0.1, 0.15) is 31.2 Å². The molecular formula is C23H21ClN2O4S. The van der Waals surface area contributed by atoms with Crippen molar-refractivity contribution in [2.24, 2.45) is 0 Å². The number of ether oxygens (including phenoxy) is 2. The van der Waals surface area contributed by atoms with Gasteiger partial charge in [0.25, 0.3) is 11.8 Å². The van der Waals surface area contributed by atoms with Crippen LogP contribution < -0.4 is 19.7 Å². The summed E-state index contributed by atoms with van der Waals surface area (Å²) in [5.41, 5.74) is 1.14. The van der Waals surface area contributed by atoms with Crippen LogP contribution in [0.4, 0.5) is 5.69 Å². The number of nitrogens with zero attached hydrogens (tertiary/aromatic N) is 1. The Morgan fingerprint density at radius 2 is 1.81 bits per heavy atom. The van der Waals surface area contributed by atoms with Crippen LogP contribution in [-0.4, -0.2) is 30.1 Å². The van der Waals surface area contributed by atoms with Gasteiger partial charge in [0, 0.05) is 5.02 Å². The van der Waals surface area contributed by atoms with E-state index in [1.165, 1.54) is 11.0 Å². The van der Waals surface area contributed by atoms with Crippen molar-refractivity contribution < 1.29 is 19.1 Å². The Morgan fingerprint density at radius 3 is 2.48 bits per heavy atom. The summed E-state index contributed by atoms with van der Waals surface area (Å²) >= 11 is 11.2. The molecular weight excluding hydrogens is 436 g/mol. The minimum Gasteiger partial charge on any atom is -0.493 e. The van der Waals surface area contributed by atoms with Crippen LogP contribution in [0.2, 0.25) is 5.02 Å². The van der Waals surface area contributed by atoms with Gasteiger partial charge < -0.3 is 9.47 Å². The van der Waals surface area contributed by atoms with Crippen LogP contribution >= 0.6 is 23.8 Å². The number of thiocarbonyl (C=S) groups is 1. The molecule has 8 heteroatoms. The van der Waals surface area contributed by atoms with Gasteiger partial charge in [0.15, 0.2) is 16.6 Å². The van der Waals surface area contributed by atoms with Crippen LogP contribution in [0, 0.1) is 0 Å². The number of hydrogen-bond acceptors (Lipinski definition) is 5. The quantitative estimate of drug-likeness (QED) is 0.407. The molecule has 2 fully saturated rings. The van der Waals surface area contributed by atoms with E-state index < -0.39 is 11.8 Å². The molecule has 0 aromatic heterocycles. The molecule has 2 amide bonds. The lowest BCUT2D eigenvalue weighted by Crippen LogP contribution is -2.54. The molecule has 1 aliphatic heterocycles. The molecule has 2 aromatic carbocycles. The number of nitrogens with one attached hydrogen (secondary N) is 1. The SMILES string of the molecule is COc1ccc(C=C2C(=O)NC(=S)N(c3ccc(Cl)cc3)C2=O)cc1OC1CCCC1. The summed E-state index contributed by atoms with van der Waals surface area (Å²) in [5.74, 6) is 0.148. The minimum atomic E-state index is -0.547. The third-order valence-electron chi connectivity index (χ3n) is 5.28. The topological polar surface area (TPSA) is 67.9 Å². The number of halogens is 1. The van der Waals surface area contributed by atoms with Crippen molar-refractivity contribution in [3.05, 3.63) is 58.6 Å². The number of amides is 2. The van der Waals surface area contributed by atoms with Crippen molar-refractivity contribution in [2.75, 3.05) is 12.0 Å². The van der Waals surface area contributed by atoms with Crippen LogP contribution in [0.25, 0.3) is 6.08 Å². The Kier molecular flexibility index (Phi) is 6.25. The number of carbonyl (C=O) groups is 2. The highest BCUT2D eigenvalue weighted by molar-refractivity contribution is 7.80. The summed E-state index contributed by atoms with van der Waals surface area (Å²) in [4.78, 5) is 27.0.